The van der Waals surface area contributed by atoms with Gasteiger partial charge in [0.05, 0.1) is 5.75 Å². The predicted octanol–water partition coefficient (Wildman–Crippen LogP) is 4.19. The third-order valence-corrected chi connectivity index (χ3v) is 8.27. The summed E-state index contributed by atoms with van der Waals surface area (Å²) in [6.45, 7) is 2.01. The molecule has 8 nitrogen and oxygen atoms in total. The number of aromatic nitrogens is 1. The maximum atomic E-state index is 12.9. The van der Waals surface area contributed by atoms with Crippen molar-refractivity contribution < 1.29 is 24.0 Å². The first-order chi connectivity index (χ1) is 17.9. The zero-order valence-electron chi connectivity index (χ0n) is 19.8. The molecule has 1 saturated heterocycles. The molecule has 1 fully saturated rings. The Morgan fingerprint density at radius 1 is 1.19 bits per heavy atom. The molecule has 2 N–H and O–H groups in total. The summed E-state index contributed by atoms with van der Waals surface area (Å²) >= 11 is 2.79. The molecule has 2 aliphatic rings. The number of β-lactam (4-membered cyclic amide) rings is 1. The van der Waals surface area contributed by atoms with Gasteiger partial charge in [0.25, 0.3) is 5.91 Å². The predicted molar refractivity (Wildman–Crippen MR) is 143 cm³/mol. The molecule has 0 bridgehead atoms. The number of nitrogens with zero attached hydrogens (tertiary/aromatic N) is 2. The van der Waals surface area contributed by atoms with Gasteiger partial charge in [-0.25, -0.2) is 4.79 Å². The third-order valence-electron chi connectivity index (χ3n) is 5.95. The summed E-state index contributed by atoms with van der Waals surface area (Å²) in [4.78, 5) is 39.6. The van der Waals surface area contributed by atoms with Crippen molar-refractivity contribution in [2.75, 3.05) is 11.5 Å². The van der Waals surface area contributed by atoms with E-state index in [1.807, 2.05) is 61.5 Å². The van der Waals surface area contributed by atoms with Crippen LogP contribution in [0.4, 0.5) is 0 Å². The largest absolute Gasteiger partial charge is 0.477 e. The van der Waals surface area contributed by atoms with Gasteiger partial charge in [-0.1, -0.05) is 59.3 Å². The van der Waals surface area contributed by atoms with Crippen LogP contribution in [0.25, 0.3) is 17.3 Å². The van der Waals surface area contributed by atoms with E-state index >= 15 is 0 Å². The maximum Gasteiger partial charge on any atom is 0.352 e. The number of allylic oxidation sites excluding steroid dienone is 1. The first-order valence-electron chi connectivity index (χ1n) is 11.5. The number of aryl methyl sites for hydroxylation is 1. The van der Waals surface area contributed by atoms with Crippen molar-refractivity contribution in [1.29, 1.82) is 0 Å². The topological polar surface area (TPSA) is 113 Å². The number of fused-ring (bicyclic) bond motifs is 1. The Kier molecular flexibility index (Phi) is 7.20. The molecule has 3 aromatic rings. The number of nitrogens with one attached hydrogen (secondary N) is 1. The Bertz CT molecular complexity index is 1400. The number of amides is 2. The fourth-order valence-electron chi connectivity index (χ4n) is 4.06. The molecular formula is C27H23N3O5S2. The van der Waals surface area contributed by atoms with Crippen LogP contribution >= 0.6 is 23.5 Å². The second-order valence-corrected chi connectivity index (χ2v) is 10.7. The zero-order chi connectivity index (χ0) is 25.9. The third kappa shape index (κ3) is 5.35. The van der Waals surface area contributed by atoms with Crippen molar-refractivity contribution in [2.24, 2.45) is 0 Å². The van der Waals surface area contributed by atoms with Gasteiger partial charge in [0.1, 0.15) is 22.8 Å². The highest BCUT2D eigenvalue weighted by Gasteiger charge is 2.53. The molecule has 2 aliphatic heterocycles. The van der Waals surface area contributed by atoms with Crippen LogP contribution in [0.2, 0.25) is 0 Å². The van der Waals surface area contributed by atoms with Crippen LogP contribution in [0.3, 0.4) is 0 Å². The van der Waals surface area contributed by atoms with Gasteiger partial charge in [-0.05, 0) is 30.7 Å². The van der Waals surface area contributed by atoms with Crippen molar-refractivity contribution >= 4 is 47.4 Å². The van der Waals surface area contributed by atoms with Crippen LogP contribution < -0.4 is 5.32 Å². The molecule has 0 spiro atoms. The van der Waals surface area contributed by atoms with Crippen LogP contribution in [0, 0.1) is 6.92 Å². The second kappa shape index (κ2) is 10.7. The van der Waals surface area contributed by atoms with Crippen molar-refractivity contribution in [2.45, 2.75) is 23.2 Å². The quantitative estimate of drug-likeness (QED) is 0.327. The van der Waals surface area contributed by atoms with Crippen LogP contribution in [0.5, 0.6) is 0 Å². The monoisotopic (exact) mass is 533 g/mol. The number of aliphatic carboxylic acids is 1. The van der Waals surface area contributed by atoms with Crippen LogP contribution in [0.15, 0.2) is 87.4 Å². The van der Waals surface area contributed by atoms with Gasteiger partial charge < -0.3 is 14.9 Å². The molecule has 5 rings (SSSR count). The summed E-state index contributed by atoms with van der Waals surface area (Å²) in [7, 11) is 0. The number of thioether (sulfide) groups is 2. The van der Waals surface area contributed by atoms with Crippen molar-refractivity contribution in [3.63, 3.8) is 0 Å². The van der Waals surface area contributed by atoms with Gasteiger partial charge in [-0.2, -0.15) is 0 Å². The number of rotatable bonds is 8. The minimum absolute atomic E-state index is 0.0765. The van der Waals surface area contributed by atoms with Crippen molar-refractivity contribution in [3.05, 3.63) is 89.3 Å². The Morgan fingerprint density at radius 2 is 1.95 bits per heavy atom. The minimum atomic E-state index is -1.19. The Balaban J connectivity index is 1.26. The summed E-state index contributed by atoms with van der Waals surface area (Å²) in [5.41, 5.74) is 3.14. The van der Waals surface area contributed by atoms with E-state index in [1.165, 1.54) is 28.4 Å². The molecule has 3 heterocycles. The molecule has 10 heteroatoms. The standard InChI is InChI=1S/C27H23N3O5S2/c1-16-7-9-17(10-8-16)21-13-19(35-29-21)12-11-18-14-37-26-23(25(32)30(26)24(18)27(33)34)28-22(31)15-36-20-5-3-2-4-6-20/h2-13,23,26H,14-15H2,1H3,(H,28,31)(H,33,34)/b12-11+/t23-,26?/m1/s1. The first-order valence-corrected chi connectivity index (χ1v) is 13.5. The Labute approximate surface area is 221 Å². The molecule has 2 amide bonds. The molecule has 2 aromatic carbocycles. The maximum absolute atomic E-state index is 12.9. The smallest absolute Gasteiger partial charge is 0.352 e. The van der Waals surface area contributed by atoms with Crippen molar-refractivity contribution in [3.8, 4) is 11.3 Å². The van der Waals surface area contributed by atoms with Gasteiger partial charge >= 0.3 is 5.97 Å². The van der Waals surface area contributed by atoms with Crippen molar-refractivity contribution in [1.82, 2.24) is 15.4 Å². The lowest BCUT2D eigenvalue weighted by atomic mass is 10.0. The van der Waals surface area contributed by atoms with E-state index in [4.69, 9.17) is 4.52 Å². The molecule has 0 aliphatic carbocycles. The lowest BCUT2D eigenvalue weighted by Crippen LogP contribution is -2.70. The number of hydrogen-bond donors (Lipinski definition) is 2. The number of hydrogen-bond acceptors (Lipinski definition) is 7. The summed E-state index contributed by atoms with van der Waals surface area (Å²) in [5, 5.41) is 16.3. The highest BCUT2D eigenvalue weighted by molar-refractivity contribution is 8.00. The van der Waals surface area contributed by atoms with Crippen LogP contribution in [-0.2, 0) is 14.4 Å². The van der Waals surface area contributed by atoms with E-state index in [2.05, 4.69) is 10.5 Å². The lowest BCUT2D eigenvalue weighted by Gasteiger charge is -2.49. The van der Waals surface area contributed by atoms with Gasteiger partial charge in [0.15, 0.2) is 5.76 Å². The minimum Gasteiger partial charge on any atom is -0.477 e. The van der Waals surface area contributed by atoms with Gasteiger partial charge in [-0.3, -0.25) is 14.5 Å². The highest BCUT2D eigenvalue weighted by Crippen LogP contribution is 2.41. The normalized spacial score (nSPS) is 19.1. The molecule has 37 heavy (non-hydrogen) atoms. The average Bonchev–Trinajstić information content (AvgIpc) is 3.38. The molecular weight excluding hydrogens is 510 g/mol. The zero-order valence-corrected chi connectivity index (χ0v) is 21.4. The Hall–Kier alpha value is -3.76. The first kappa shape index (κ1) is 24.9. The number of carbonyl (C=O) groups excluding carboxylic acids is 2. The molecule has 1 unspecified atom stereocenters. The van der Waals surface area contributed by atoms with Crippen LogP contribution in [-0.4, -0.2) is 55.9 Å². The SMILES string of the molecule is Cc1ccc(-c2cc(/C=C/C3=C(C(=O)O)N4C(=O)[C@@H](NC(=O)CSc5ccccc5)C4SC3)on2)cc1. The van der Waals surface area contributed by atoms with E-state index in [0.717, 1.165) is 16.0 Å². The fraction of sp³-hybridized carbons (Fsp3) is 0.185. The highest BCUT2D eigenvalue weighted by atomic mass is 32.2. The Morgan fingerprint density at radius 3 is 2.68 bits per heavy atom. The number of carbonyl (C=O) groups is 3. The van der Waals surface area contributed by atoms with E-state index in [-0.39, 0.29) is 17.4 Å². The summed E-state index contributed by atoms with van der Waals surface area (Å²) < 4.78 is 5.39. The van der Waals surface area contributed by atoms with Crippen LogP contribution in [0.1, 0.15) is 11.3 Å². The molecule has 1 aromatic heterocycles. The number of carboxylic acids is 1. The fourth-order valence-corrected chi connectivity index (χ4v) is 6.11. The average molecular weight is 534 g/mol. The van der Waals surface area contributed by atoms with E-state index < -0.39 is 23.3 Å². The number of carboxylic acid groups (broad SMARTS) is 1. The molecule has 0 radical (unpaired) electrons. The lowest BCUT2D eigenvalue weighted by molar-refractivity contribution is -0.150. The van der Waals surface area contributed by atoms with Gasteiger partial charge in [0, 0.05) is 22.3 Å². The molecule has 188 valence electrons. The summed E-state index contributed by atoms with van der Waals surface area (Å²) in [6, 6.07) is 18.4. The van der Waals surface area contributed by atoms with E-state index in [9.17, 15) is 19.5 Å². The molecule has 0 saturated carbocycles. The van der Waals surface area contributed by atoms with Gasteiger partial charge in [0.2, 0.25) is 5.91 Å². The van der Waals surface area contributed by atoms with Gasteiger partial charge in [-0.15, -0.1) is 23.5 Å². The summed E-state index contributed by atoms with van der Waals surface area (Å²) in [6.07, 6.45) is 3.29. The van der Waals surface area contributed by atoms with E-state index in [0.29, 0.717) is 22.8 Å². The number of benzene rings is 2. The van der Waals surface area contributed by atoms with E-state index in [1.54, 1.807) is 18.2 Å². The summed E-state index contributed by atoms with van der Waals surface area (Å²) in [5.74, 6) is -0.885. The second-order valence-electron chi connectivity index (χ2n) is 8.55. The molecule has 2 atom stereocenters.